The number of hydrogen-bond acceptors (Lipinski definition) is 2. The van der Waals surface area contributed by atoms with Crippen molar-refractivity contribution in [2.45, 2.75) is 25.3 Å². The third-order valence-corrected chi connectivity index (χ3v) is 3.63. The molecule has 0 spiro atoms. The third kappa shape index (κ3) is 2.82. The molecule has 3 heteroatoms. The second-order valence-corrected chi connectivity index (χ2v) is 5.00. The number of nitrogens with one attached hydrogen (secondary N) is 1. The van der Waals surface area contributed by atoms with Crippen LogP contribution in [0, 0.1) is 0 Å². The van der Waals surface area contributed by atoms with Gasteiger partial charge in [0.15, 0.2) is 0 Å². The molecule has 1 heterocycles. The van der Waals surface area contributed by atoms with Crippen LogP contribution in [-0.2, 0) is 11.2 Å². The van der Waals surface area contributed by atoms with Gasteiger partial charge in [-0.05, 0) is 48.6 Å². The summed E-state index contributed by atoms with van der Waals surface area (Å²) >= 11 is 0. The summed E-state index contributed by atoms with van der Waals surface area (Å²) in [5, 5.41) is 3.07. The molecule has 0 bridgehead atoms. The summed E-state index contributed by atoms with van der Waals surface area (Å²) in [5.74, 6) is 0.604. The van der Waals surface area contributed by atoms with Gasteiger partial charge in [-0.3, -0.25) is 4.79 Å². The van der Waals surface area contributed by atoms with Crippen LogP contribution in [0.25, 0.3) is 6.08 Å². The highest BCUT2D eigenvalue weighted by Crippen LogP contribution is 2.29. The van der Waals surface area contributed by atoms with Gasteiger partial charge in [-0.2, -0.15) is 0 Å². The maximum atomic E-state index is 12.0. The lowest BCUT2D eigenvalue weighted by Crippen LogP contribution is -2.29. The second kappa shape index (κ2) is 5.78. The lowest BCUT2D eigenvalue weighted by molar-refractivity contribution is -0.117. The normalized spacial score (nSPS) is 17.9. The Labute approximate surface area is 118 Å². The summed E-state index contributed by atoms with van der Waals surface area (Å²) in [6, 6.07) is 12.1. The van der Waals surface area contributed by atoms with Crippen LogP contribution in [0.3, 0.4) is 0 Å². The minimum absolute atomic E-state index is 0.0805. The van der Waals surface area contributed by atoms with Crippen molar-refractivity contribution < 1.29 is 9.21 Å². The molecule has 1 aliphatic rings. The van der Waals surface area contributed by atoms with Crippen LogP contribution in [0.5, 0.6) is 0 Å². The Morgan fingerprint density at radius 3 is 3.00 bits per heavy atom. The molecule has 102 valence electrons. The SMILES string of the molecule is O=C(C=Cc1ccco1)NC1CCCc2ccccc21. The molecule has 1 aromatic heterocycles. The number of aryl methyl sites for hydroxylation is 1. The Bertz CT molecular complexity index is 614. The van der Waals surface area contributed by atoms with E-state index < -0.39 is 0 Å². The number of amides is 1. The summed E-state index contributed by atoms with van der Waals surface area (Å²) in [5.41, 5.74) is 2.59. The number of benzene rings is 1. The summed E-state index contributed by atoms with van der Waals surface area (Å²) in [6.45, 7) is 0. The first-order valence-corrected chi connectivity index (χ1v) is 6.93. The first-order valence-electron chi connectivity index (χ1n) is 6.93. The van der Waals surface area contributed by atoms with Crippen LogP contribution in [0.2, 0.25) is 0 Å². The maximum absolute atomic E-state index is 12.0. The predicted molar refractivity (Wildman–Crippen MR) is 78.0 cm³/mol. The van der Waals surface area contributed by atoms with Crippen molar-refractivity contribution in [3.05, 3.63) is 65.6 Å². The van der Waals surface area contributed by atoms with Crippen molar-refractivity contribution in [1.82, 2.24) is 5.32 Å². The lowest BCUT2D eigenvalue weighted by atomic mass is 9.88. The molecular weight excluding hydrogens is 250 g/mol. The van der Waals surface area contributed by atoms with Gasteiger partial charge < -0.3 is 9.73 Å². The summed E-state index contributed by atoms with van der Waals surface area (Å²) < 4.78 is 5.16. The molecule has 0 radical (unpaired) electrons. The van der Waals surface area contributed by atoms with E-state index in [0.29, 0.717) is 5.76 Å². The molecule has 1 unspecified atom stereocenters. The van der Waals surface area contributed by atoms with Gasteiger partial charge in [0.1, 0.15) is 5.76 Å². The average molecular weight is 267 g/mol. The molecule has 0 aliphatic heterocycles. The molecule has 1 N–H and O–H groups in total. The largest absolute Gasteiger partial charge is 0.465 e. The predicted octanol–water partition coefficient (Wildman–Crippen LogP) is 3.49. The van der Waals surface area contributed by atoms with E-state index in [1.807, 2.05) is 12.1 Å². The lowest BCUT2D eigenvalue weighted by Gasteiger charge is -2.25. The number of hydrogen-bond donors (Lipinski definition) is 1. The van der Waals surface area contributed by atoms with E-state index in [-0.39, 0.29) is 11.9 Å². The van der Waals surface area contributed by atoms with Crippen molar-refractivity contribution >= 4 is 12.0 Å². The zero-order valence-electron chi connectivity index (χ0n) is 11.2. The Morgan fingerprint density at radius 2 is 2.15 bits per heavy atom. The number of furan rings is 1. The molecular formula is C17H17NO2. The fraction of sp³-hybridized carbons (Fsp3) is 0.235. The van der Waals surface area contributed by atoms with Gasteiger partial charge in [0.2, 0.25) is 5.91 Å². The van der Waals surface area contributed by atoms with Crippen LogP contribution in [-0.4, -0.2) is 5.91 Å². The van der Waals surface area contributed by atoms with Crippen LogP contribution in [0.1, 0.15) is 35.8 Å². The fourth-order valence-corrected chi connectivity index (χ4v) is 2.67. The number of fused-ring (bicyclic) bond motifs is 1. The first kappa shape index (κ1) is 12.7. The highest BCUT2D eigenvalue weighted by molar-refractivity contribution is 5.91. The van der Waals surface area contributed by atoms with E-state index in [9.17, 15) is 4.79 Å². The molecule has 3 rings (SSSR count). The van der Waals surface area contributed by atoms with E-state index >= 15 is 0 Å². The Kier molecular flexibility index (Phi) is 3.68. The highest BCUT2D eigenvalue weighted by Gasteiger charge is 2.20. The van der Waals surface area contributed by atoms with E-state index in [4.69, 9.17) is 4.42 Å². The van der Waals surface area contributed by atoms with Gasteiger partial charge >= 0.3 is 0 Å². The van der Waals surface area contributed by atoms with Crippen LogP contribution < -0.4 is 5.32 Å². The second-order valence-electron chi connectivity index (χ2n) is 5.00. The third-order valence-electron chi connectivity index (χ3n) is 3.63. The molecule has 0 saturated heterocycles. The number of carbonyl (C=O) groups is 1. The average Bonchev–Trinajstić information content (AvgIpc) is 2.99. The molecule has 1 aromatic carbocycles. The van der Waals surface area contributed by atoms with Crippen molar-refractivity contribution in [2.24, 2.45) is 0 Å². The van der Waals surface area contributed by atoms with E-state index in [1.54, 1.807) is 18.4 Å². The van der Waals surface area contributed by atoms with Gasteiger partial charge in [0.25, 0.3) is 0 Å². The monoisotopic (exact) mass is 267 g/mol. The molecule has 1 atom stereocenters. The minimum Gasteiger partial charge on any atom is -0.465 e. The quantitative estimate of drug-likeness (QED) is 0.865. The van der Waals surface area contributed by atoms with Gasteiger partial charge in [0.05, 0.1) is 12.3 Å². The van der Waals surface area contributed by atoms with Crippen molar-refractivity contribution in [2.75, 3.05) is 0 Å². The van der Waals surface area contributed by atoms with Gasteiger partial charge in [0, 0.05) is 6.08 Å². The van der Waals surface area contributed by atoms with Crippen molar-refractivity contribution in [1.29, 1.82) is 0 Å². The van der Waals surface area contributed by atoms with Gasteiger partial charge in [-0.1, -0.05) is 24.3 Å². The first-order chi connectivity index (χ1) is 9.83. The molecule has 3 nitrogen and oxygen atoms in total. The van der Waals surface area contributed by atoms with Crippen molar-refractivity contribution in [3.63, 3.8) is 0 Å². The molecule has 2 aromatic rings. The topological polar surface area (TPSA) is 42.2 Å². The standard InChI is InChI=1S/C17H17NO2/c19-17(11-10-14-7-4-12-20-14)18-16-9-3-6-13-5-1-2-8-15(13)16/h1-2,4-5,7-8,10-12,16H,3,6,9H2,(H,18,19). The molecule has 20 heavy (non-hydrogen) atoms. The smallest absolute Gasteiger partial charge is 0.244 e. The molecule has 0 saturated carbocycles. The molecule has 0 fully saturated rings. The minimum atomic E-state index is -0.0805. The van der Waals surface area contributed by atoms with Crippen LogP contribution >= 0.6 is 0 Å². The van der Waals surface area contributed by atoms with Crippen LogP contribution in [0.4, 0.5) is 0 Å². The fourth-order valence-electron chi connectivity index (χ4n) is 2.67. The summed E-state index contributed by atoms with van der Waals surface area (Å²) in [4.78, 5) is 12.0. The zero-order valence-corrected chi connectivity index (χ0v) is 11.2. The van der Waals surface area contributed by atoms with Crippen molar-refractivity contribution in [3.8, 4) is 0 Å². The molecule has 1 aliphatic carbocycles. The van der Waals surface area contributed by atoms with Crippen LogP contribution in [0.15, 0.2) is 53.2 Å². The highest BCUT2D eigenvalue weighted by atomic mass is 16.3. The van der Waals surface area contributed by atoms with E-state index in [2.05, 4.69) is 23.5 Å². The Hall–Kier alpha value is -2.29. The molecule has 1 amide bonds. The zero-order chi connectivity index (χ0) is 13.8. The Balaban J connectivity index is 1.68. The number of rotatable bonds is 3. The number of carbonyl (C=O) groups excluding carboxylic acids is 1. The van der Waals surface area contributed by atoms with E-state index in [0.717, 1.165) is 19.3 Å². The maximum Gasteiger partial charge on any atom is 0.244 e. The summed E-state index contributed by atoms with van der Waals surface area (Å²) in [6.07, 6.45) is 8.01. The van der Waals surface area contributed by atoms with Gasteiger partial charge in [-0.25, -0.2) is 0 Å². The summed E-state index contributed by atoms with van der Waals surface area (Å²) in [7, 11) is 0. The Morgan fingerprint density at radius 1 is 1.25 bits per heavy atom. The van der Waals surface area contributed by atoms with E-state index in [1.165, 1.54) is 17.2 Å². The van der Waals surface area contributed by atoms with Gasteiger partial charge in [-0.15, -0.1) is 0 Å².